The minimum atomic E-state index is -0.509. The Morgan fingerprint density at radius 3 is 2.48 bits per heavy atom. The van der Waals surface area contributed by atoms with Crippen molar-refractivity contribution in [1.82, 2.24) is 9.80 Å². The number of likely N-dealkylation sites (tertiary alicyclic amines) is 1. The van der Waals surface area contributed by atoms with Gasteiger partial charge in [-0.25, -0.2) is 0 Å². The predicted molar refractivity (Wildman–Crippen MR) is 96.8 cm³/mol. The van der Waals surface area contributed by atoms with Gasteiger partial charge in [-0.3, -0.25) is 18.9 Å². The van der Waals surface area contributed by atoms with Crippen molar-refractivity contribution in [2.24, 2.45) is 5.92 Å². The molecule has 0 bridgehead atoms. The van der Waals surface area contributed by atoms with E-state index in [1.54, 1.807) is 19.1 Å². The number of carbonyl (C=O) groups excluding carboxylic acids is 2. The minimum Gasteiger partial charge on any atom is -0.493 e. The molecule has 0 unspecified atom stereocenters. The molecule has 7 heteroatoms. The summed E-state index contributed by atoms with van der Waals surface area (Å²) in [5.74, 6) is 1.05. The monoisotopic (exact) mass is 376 g/mol. The van der Waals surface area contributed by atoms with E-state index in [2.05, 4.69) is 4.90 Å². The third-order valence-electron chi connectivity index (χ3n) is 6.12. The number of carbonyl (C=O) groups is 2. The number of Topliss-reactive ketones (excluding diaryl/α,β-unsaturated/α-hetero) is 1. The lowest BCUT2D eigenvalue weighted by atomic mass is 9.84. The SMILES string of the molecule is COc1cc2c(cc1OC)[C@@H]1CC(=O)[C@@H](N3C[C@@H](CF)CC3=O)CN1CC2. The molecule has 1 aromatic carbocycles. The number of amides is 1. The summed E-state index contributed by atoms with van der Waals surface area (Å²) in [6.45, 7) is 1.18. The van der Waals surface area contributed by atoms with Crippen molar-refractivity contribution < 1.29 is 23.5 Å². The van der Waals surface area contributed by atoms with Crippen molar-refractivity contribution >= 4 is 11.7 Å². The van der Waals surface area contributed by atoms with E-state index in [0.29, 0.717) is 31.0 Å². The van der Waals surface area contributed by atoms with Crippen LogP contribution in [-0.2, 0) is 16.0 Å². The van der Waals surface area contributed by atoms with E-state index in [0.717, 1.165) is 18.5 Å². The number of hydrogen-bond acceptors (Lipinski definition) is 5. The Morgan fingerprint density at radius 1 is 1.07 bits per heavy atom. The molecule has 4 rings (SSSR count). The van der Waals surface area contributed by atoms with Gasteiger partial charge in [-0.15, -0.1) is 0 Å². The van der Waals surface area contributed by atoms with Crippen LogP contribution in [-0.4, -0.2) is 68.1 Å². The highest BCUT2D eigenvalue weighted by molar-refractivity contribution is 5.91. The summed E-state index contributed by atoms with van der Waals surface area (Å²) in [6, 6.07) is 3.51. The topological polar surface area (TPSA) is 59.1 Å². The molecule has 0 radical (unpaired) electrons. The van der Waals surface area contributed by atoms with Gasteiger partial charge in [-0.1, -0.05) is 0 Å². The number of ketones is 1. The van der Waals surface area contributed by atoms with Crippen LogP contribution in [0, 0.1) is 5.92 Å². The zero-order chi connectivity index (χ0) is 19.1. The molecule has 2 fully saturated rings. The third kappa shape index (κ3) is 3.08. The number of hydrogen-bond donors (Lipinski definition) is 0. The lowest BCUT2D eigenvalue weighted by molar-refractivity contribution is -0.140. The minimum absolute atomic E-state index is 0.00742. The van der Waals surface area contributed by atoms with E-state index in [4.69, 9.17) is 9.47 Å². The normalized spacial score (nSPS) is 28.1. The summed E-state index contributed by atoms with van der Waals surface area (Å²) < 4.78 is 23.8. The van der Waals surface area contributed by atoms with Gasteiger partial charge in [0, 0.05) is 44.4 Å². The molecule has 2 saturated heterocycles. The summed E-state index contributed by atoms with van der Waals surface area (Å²) in [4.78, 5) is 29.0. The number of ether oxygens (including phenoxy) is 2. The van der Waals surface area contributed by atoms with Gasteiger partial charge >= 0.3 is 0 Å². The average molecular weight is 376 g/mol. The number of fused-ring (bicyclic) bond motifs is 3. The second-order valence-electron chi connectivity index (χ2n) is 7.62. The van der Waals surface area contributed by atoms with Gasteiger partial charge in [-0.05, 0) is 29.7 Å². The van der Waals surface area contributed by atoms with Crippen molar-refractivity contribution in [1.29, 1.82) is 0 Å². The highest BCUT2D eigenvalue weighted by Gasteiger charge is 2.44. The van der Waals surface area contributed by atoms with Crippen molar-refractivity contribution in [3.05, 3.63) is 23.3 Å². The van der Waals surface area contributed by atoms with Gasteiger partial charge in [0.25, 0.3) is 0 Å². The second kappa shape index (κ2) is 7.11. The zero-order valence-corrected chi connectivity index (χ0v) is 15.7. The van der Waals surface area contributed by atoms with Gasteiger partial charge in [0.1, 0.15) is 6.04 Å². The number of nitrogens with zero attached hydrogens (tertiary/aromatic N) is 2. The van der Waals surface area contributed by atoms with Crippen molar-refractivity contribution in [3.8, 4) is 11.5 Å². The number of alkyl halides is 1. The number of methoxy groups -OCH3 is 2. The van der Waals surface area contributed by atoms with Crippen LogP contribution in [0.15, 0.2) is 12.1 Å². The highest BCUT2D eigenvalue weighted by Crippen LogP contribution is 2.42. The first-order chi connectivity index (χ1) is 13.0. The van der Waals surface area contributed by atoms with E-state index in [1.807, 2.05) is 12.1 Å². The molecule has 146 valence electrons. The molecule has 3 heterocycles. The van der Waals surface area contributed by atoms with Gasteiger partial charge < -0.3 is 14.4 Å². The molecule has 3 aliphatic heterocycles. The molecular formula is C20H25FN2O4. The Labute approximate surface area is 158 Å². The average Bonchev–Trinajstić information content (AvgIpc) is 3.06. The van der Waals surface area contributed by atoms with Gasteiger partial charge in [0.05, 0.1) is 20.9 Å². The van der Waals surface area contributed by atoms with Crippen molar-refractivity contribution in [2.75, 3.05) is 40.5 Å². The first-order valence-electron chi connectivity index (χ1n) is 9.42. The smallest absolute Gasteiger partial charge is 0.223 e. The van der Waals surface area contributed by atoms with Crippen LogP contribution < -0.4 is 9.47 Å². The maximum atomic E-state index is 13.0. The van der Waals surface area contributed by atoms with E-state index in [9.17, 15) is 14.0 Å². The fourth-order valence-electron chi connectivity index (χ4n) is 4.67. The number of rotatable bonds is 4. The van der Waals surface area contributed by atoms with Crippen LogP contribution in [0.1, 0.15) is 30.0 Å². The van der Waals surface area contributed by atoms with Crippen LogP contribution in [0.25, 0.3) is 0 Å². The first kappa shape index (κ1) is 18.2. The summed E-state index contributed by atoms with van der Waals surface area (Å²) in [7, 11) is 3.22. The Morgan fingerprint density at radius 2 is 1.81 bits per heavy atom. The Kier molecular flexibility index (Phi) is 4.80. The standard InChI is InChI=1S/C20H25FN2O4/c1-26-18-6-13-3-4-22-11-16(23-10-12(9-21)5-20(23)25)17(24)8-15(22)14(13)7-19(18)27-2/h6-7,12,15-16H,3-5,8-11H2,1-2H3/t12-,15+,16+/m1/s1. The molecule has 3 aliphatic rings. The molecule has 0 saturated carbocycles. The summed E-state index contributed by atoms with van der Waals surface area (Å²) in [5, 5.41) is 0. The number of halogens is 1. The van der Waals surface area contributed by atoms with Crippen molar-refractivity contribution in [2.45, 2.75) is 31.3 Å². The summed E-state index contributed by atoms with van der Waals surface area (Å²) >= 11 is 0. The summed E-state index contributed by atoms with van der Waals surface area (Å²) in [6.07, 6.45) is 1.43. The van der Waals surface area contributed by atoms with Crippen LogP contribution in [0.4, 0.5) is 4.39 Å². The lowest BCUT2D eigenvalue weighted by Crippen LogP contribution is -2.56. The van der Waals surface area contributed by atoms with Crippen LogP contribution in [0.3, 0.4) is 0 Å². The Bertz CT molecular complexity index is 769. The molecule has 1 amide bonds. The van der Waals surface area contributed by atoms with E-state index >= 15 is 0 Å². The molecule has 0 spiro atoms. The molecule has 1 aromatic rings. The van der Waals surface area contributed by atoms with Crippen LogP contribution in [0.2, 0.25) is 0 Å². The Hall–Kier alpha value is -2.15. The van der Waals surface area contributed by atoms with Crippen molar-refractivity contribution in [3.63, 3.8) is 0 Å². The number of benzene rings is 1. The second-order valence-corrected chi connectivity index (χ2v) is 7.62. The number of piperidine rings is 1. The lowest BCUT2D eigenvalue weighted by Gasteiger charge is -2.45. The third-order valence-corrected chi connectivity index (χ3v) is 6.12. The largest absolute Gasteiger partial charge is 0.493 e. The molecule has 0 N–H and O–H groups in total. The molecular weight excluding hydrogens is 351 g/mol. The van der Waals surface area contributed by atoms with Gasteiger partial charge in [-0.2, -0.15) is 0 Å². The van der Waals surface area contributed by atoms with Crippen LogP contribution in [0.5, 0.6) is 11.5 Å². The van der Waals surface area contributed by atoms with E-state index < -0.39 is 12.7 Å². The van der Waals surface area contributed by atoms with E-state index in [1.165, 1.54) is 5.56 Å². The molecule has 3 atom stereocenters. The molecule has 6 nitrogen and oxygen atoms in total. The quantitative estimate of drug-likeness (QED) is 0.802. The molecule has 0 aromatic heterocycles. The van der Waals surface area contributed by atoms with Gasteiger partial charge in [0.2, 0.25) is 5.91 Å². The predicted octanol–water partition coefficient (Wildman–Crippen LogP) is 1.76. The zero-order valence-electron chi connectivity index (χ0n) is 15.7. The Balaban J connectivity index is 1.58. The fraction of sp³-hybridized carbons (Fsp3) is 0.600. The van der Waals surface area contributed by atoms with Crippen LogP contribution >= 0.6 is 0 Å². The highest BCUT2D eigenvalue weighted by atomic mass is 19.1. The molecule has 27 heavy (non-hydrogen) atoms. The first-order valence-corrected chi connectivity index (χ1v) is 9.42. The molecule has 0 aliphatic carbocycles. The summed E-state index contributed by atoms with van der Waals surface area (Å²) in [5.41, 5.74) is 2.27. The van der Waals surface area contributed by atoms with E-state index in [-0.39, 0.29) is 30.1 Å². The van der Waals surface area contributed by atoms with Gasteiger partial charge in [0.15, 0.2) is 17.3 Å². The fourth-order valence-corrected chi connectivity index (χ4v) is 4.67. The maximum absolute atomic E-state index is 13.0. The maximum Gasteiger partial charge on any atom is 0.223 e.